The Morgan fingerprint density at radius 1 is 1.00 bits per heavy atom. The van der Waals surface area contributed by atoms with E-state index < -0.39 is 23.3 Å². The summed E-state index contributed by atoms with van der Waals surface area (Å²) in [6, 6.07) is 9.50. The summed E-state index contributed by atoms with van der Waals surface area (Å²) in [5, 5.41) is 15.5. The van der Waals surface area contributed by atoms with Gasteiger partial charge in [0.2, 0.25) is 0 Å². The highest BCUT2D eigenvalue weighted by Crippen LogP contribution is 2.44. The normalized spacial score (nSPS) is 24.6. The Morgan fingerprint density at radius 3 is 2.58 bits per heavy atom. The fraction of sp³-hybridized carbons (Fsp3) is 0.368. The van der Waals surface area contributed by atoms with Crippen molar-refractivity contribution < 1.29 is 23.0 Å². The van der Waals surface area contributed by atoms with E-state index in [0.29, 0.717) is 53.9 Å². The topological polar surface area (TPSA) is 99.5 Å². The third-order valence-electron chi connectivity index (χ3n) is 10.9. The molecule has 2 aromatic carbocycles. The van der Waals surface area contributed by atoms with Crippen molar-refractivity contribution >= 4 is 27.5 Å². The fourth-order valence-electron chi connectivity index (χ4n) is 8.70. The van der Waals surface area contributed by atoms with E-state index in [1.807, 2.05) is 0 Å². The van der Waals surface area contributed by atoms with E-state index in [1.54, 1.807) is 24.5 Å². The molecule has 12 heteroatoms. The monoisotopic (exact) mass is 677 g/mol. The van der Waals surface area contributed by atoms with Crippen molar-refractivity contribution in [3.8, 4) is 46.6 Å². The number of piperazine rings is 1. The van der Waals surface area contributed by atoms with Crippen LogP contribution >= 0.6 is 0 Å². The van der Waals surface area contributed by atoms with Gasteiger partial charge in [0.15, 0.2) is 5.82 Å². The van der Waals surface area contributed by atoms with Crippen LogP contribution in [0.3, 0.4) is 0 Å². The molecule has 254 valence electrons. The number of halogens is 3. The van der Waals surface area contributed by atoms with Gasteiger partial charge in [-0.15, -0.1) is 6.42 Å². The fourth-order valence-corrected chi connectivity index (χ4v) is 8.70. The summed E-state index contributed by atoms with van der Waals surface area (Å²) in [5.74, 6) is 1.28. The summed E-state index contributed by atoms with van der Waals surface area (Å²) in [7, 11) is 0. The zero-order valence-corrected chi connectivity index (χ0v) is 27.2. The molecule has 4 aliphatic heterocycles. The first kappa shape index (κ1) is 31.0. The summed E-state index contributed by atoms with van der Waals surface area (Å²) in [5.41, 5.74) is 0.390. The second-order valence-electron chi connectivity index (χ2n) is 14.0. The number of ether oxygens (including phenoxy) is 1. The first-order chi connectivity index (χ1) is 24.3. The predicted molar refractivity (Wildman–Crippen MR) is 184 cm³/mol. The largest absolute Gasteiger partial charge is 0.508 e. The van der Waals surface area contributed by atoms with Crippen LogP contribution in [0.5, 0.6) is 11.8 Å². The number of pyridine rings is 2. The van der Waals surface area contributed by atoms with Crippen molar-refractivity contribution in [2.24, 2.45) is 0 Å². The molecular formula is C38H34F3N7O2. The van der Waals surface area contributed by atoms with Gasteiger partial charge in [-0.1, -0.05) is 12.0 Å². The number of nitrogens with one attached hydrogen (secondary N) is 1. The molecule has 4 aliphatic rings. The first-order valence-electron chi connectivity index (χ1n) is 17.1. The molecule has 4 saturated heterocycles. The third kappa shape index (κ3) is 5.02. The Labute approximate surface area is 286 Å². The summed E-state index contributed by atoms with van der Waals surface area (Å²) >= 11 is 0. The van der Waals surface area contributed by atoms with Crippen molar-refractivity contribution in [1.29, 1.82) is 0 Å². The van der Waals surface area contributed by atoms with E-state index in [4.69, 9.17) is 26.1 Å². The van der Waals surface area contributed by atoms with E-state index in [0.717, 1.165) is 32.2 Å². The lowest BCUT2D eigenvalue weighted by Crippen LogP contribution is -2.51. The van der Waals surface area contributed by atoms with Crippen LogP contribution in [0.2, 0.25) is 0 Å². The molecule has 0 unspecified atom stereocenters. The molecule has 0 amide bonds. The number of rotatable bonds is 6. The number of phenols is 1. The number of phenolic OH excluding ortho intramolecular Hbond substituents is 1. The lowest BCUT2D eigenvalue weighted by Gasteiger charge is -2.35. The van der Waals surface area contributed by atoms with Gasteiger partial charge in [0.1, 0.15) is 41.4 Å². The first-order valence-corrected chi connectivity index (χ1v) is 17.1. The molecule has 4 fully saturated rings. The van der Waals surface area contributed by atoms with Gasteiger partial charge >= 0.3 is 6.01 Å². The third-order valence-corrected chi connectivity index (χ3v) is 10.9. The van der Waals surface area contributed by atoms with Crippen LogP contribution in [-0.2, 0) is 0 Å². The lowest BCUT2D eigenvalue weighted by atomic mass is 9.95. The standard InChI is InChI=1S/C38H34F3N7O2/c1-2-27-29(40)7-4-22-14-26(49)15-28(30(22)27)34-32(41)35-31(33(44-34)21-8-11-42-12-9-21)36(47-18-24-5-6-25(19-47)43-24)46-37(45-35)50-20-38-10-3-13-48(38)17-23(39)16-38/h1,4,7-9,11-12,14-15,23-25,43,49H,3,5-6,10,13,16-20H2/t23-,24-,25+,38+/m1/s1. The highest BCUT2D eigenvalue weighted by atomic mass is 19.1. The number of terminal acetylenes is 1. The molecular weight excluding hydrogens is 643 g/mol. The Morgan fingerprint density at radius 2 is 1.80 bits per heavy atom. The lowest BCUT2D eigenvalue weighted by molar-refractivity contribution is 0.107. The van der Waals surface area contributed by atoms with Crippen molar-refractivity contribution in [2.75, 3.05) is 37.7 Å². The van der Waals surface area contributed by atoms with Crippen molar-refractivity contribution in [1.82, 2.24) is 30.2 Å². The smallest absolute Gasteiger partial charge is 0.319 e. The van der Waals surface area contributed by atoms with Gasteiger partial charge in [-0.2, -0.15) is 9.97 Å². The molecule has 0 radical (unpaired) electrons. The molecule has 3 aromatic heterocycles. The van der Waals surface area contributed by atoms with Gasteiger partial charge in [0.25, 0.3) is 0 Å². The number of nitrogens with zero attached hydrogens (tertiary/aromatic N) is 6. The Bertz CT molecular complexity index is 2200. The van der Waals surface area contributed by atoms with Crippen molar-refractivity contribution in [2.45, 2.75) is 55.9 Å². The summed E-state index contributed by atoms with van der Waals surface area (Å²) in [6.45, 7) is 2.63. The van der Waals surface area contributed by atoms with E-state index in [-0.39, 0.29) is 58.2 Å². The number of benzene rings is 2. The summed E-state index contributed by atoms with van der Waals surface area (Å²) in [4.78, 5) is 23.1. The summed E-state index contributed by atoms with van der Waals surface area (Å²) in [6.07, 6.45) is 12.2. The van der Waals surface area contributed by atoms with Crippen LogP contribution in [0.15, 0.2) is 48.8 Å². The molecule has 9 nitrogen and oxygen atoms in total. The van der Waals surface area contributed by atoms with Gasteiger partial charge in [-0.25, -0.2) is 18.2 Å². The van der Waals surface area contributed by atoms with Crippen LogP contribution < -0.4 is 15.0 Å². The minimum Gasteiger partial charge on any atom is -0.508 e. The number of aromatic nitrogens is 4. The molecule has 0 spiro atoms. The van der Waals surface area contributed by atoms with Crippen molar-refractivity contribution in [3.05, 3.63) is 66.0 Å². The Hall–Kier alpha value is -4.99. The van der Waals surface area contributed by atoms with Gasteiger partial charge in [0, 0.05) is 67.0 Å². The highest BCUT2D eigenvalue weighted by molar-refractivity contribution is 6.06. The summed E-state index contributed by atoms with van der Waals surface area (Å²) < 4.78 is 53.5. The van der Waals surface area contributed by atoms with Crippen LogP contribution in [-0.4, -0.2) is 86.5 Å². The molecule has 9 rings (SSSR count). The van der Waals surface area contributed by atoms with Gasteiger partial charge < -0.3 is 20.1 Å². The second kappa shape index (κ2) is 11.8. The van der Waals surface area contributed by atoms with Crippen LogP contribution in [0.25, 0.3) is 44.2 Å². The molecule has 0 saturated carbocycles. The van der Waals surface area contributed by atoms with Gasteiger partial charge in [-0.3, -0.25) is 9.88 Å². The molecule has 2 N–H and O–H groups in total. The molecule has 7 heterocycles. The minimum atomic E-state index is -0.938. The molecule has 4 atom stereocenters. The number of hydrogen-bond acceptors (Lipinski definition) is 9. The van der Waals surface area contributed by atoms with Crippen molar-refractivity contribution in [3.63, 3.8) is 0 Å². The molecule has 50 heavy (non-hydrogen) atoms. The Kier molecular flexibility index (Phi) is 7.33. The van der Waals surface area contributed by atoms with E-state index >= 15 is 8.78 Å². The maximum absolute atomic E-state index is 17.4. The number of hydrogen-bond donors (Lipinski definition) is 2. The van der Waals surface area contributed by atoms with E-state index in [2.05, 4.69) is 26.0 Å². The highest BCUT2D eigenvalue weighted by Gasteiger charge is 2.49. The van der Waals surface area contributed by atoms with E-state index in [1.165, 1.54) is 24.3 Å². The zero-order chi connectivity index (χ0) is 34.1. The van der Waals surface area contributed by atoms with Gasteiger partial charge in [-0.05, 0) is 67.9 Å². The number of alkyl halides is 1. The average molecular weight is 678 g/mol. The molecule has 2 bridgehead atoms. The van der Waals surface area contributed by atoms with Crippen LogP contribution in [0, 0.1) is 24.0 Å². The maximum Gasteiger partial charge on any atom is 0.319 e. The zero-order valence-electron chi connectivity index (χ0n) is 27.2. The number of anilines is 1. The molecule has 5 aromatic rings. The number of aromatic hydroxyl groups is 1. The van der Waals surface area contributed by atoms with Crippen LogP contribution in [0.1, 0.15) is 37.7 Å². The van der Waals surface area contributed by atoms with Gasteiger partial charge in [0.05, 0.1) is 22.2 Å². The predicted octanol–water partition coefficient (Wildman–Crippen LogP) is 5.77. The van der Waals surface area contributed by atoms with E-state index in [9.17, 15) is 9.50 Å². The Balaban J connectivity index is 1.30. The maximum atomic E-state index is 17.4. The van der Waals surface area contributed by atoms with Crippen LogP contribution in [0.4, 0.5) is 19.0 Å². The number of fused-ring (bicyclic) bond motifs is 5. The quantitative estimate of drug-likeness (QED) is 0.217. The molecule has 0 aliphatic carbocycles. The minimum absolute atomic E-state index is 0.0187. The SMILES string of the molecule is C#Cc1c(F)ccc2cc(O)cc(-c3nc(-c4ccncc4)c4c(N5C[C@H]6CC[C@@H](C5)N6)nc(OC[C@@]56CCCN5C[C@H](F)C6)nc4c3F)c12. The average Bonchev–Trinajstić information content (AvgIpc) is 3.77. The second-order valence-corrected chi connectivity index (χ2v) is 14.0.